The van der Waals surface area contributed by atoms with Gasteiger partial charge in [-0.25, -0.2) is 9.37 Å². The van der Waals surface area contributed by atoms with Crippen molar-refractivity contribution in [2.75, 3.05) is 44.0 Å². The molecule has 0 spiro atoms. The Kier molecular flexibility index (Phi) is 5.96. The average molecular weight is 387 g/mol. The fourth-order valence-corrected chi connectivity index (χ4v) is 3.20. The number of halogens is 1. The molecule has 0 aliphatic carbocycles. The summed E-state index contributed by atoms with van der Waals surface area (Å²) in [6.07, 6.45) is 1.93. The minimum atomic E-state index is -0.432. The molecule has 7 nitrogen and oxygen atoms in total. The smallest absolute Gasteiger partial charge is 0.227 e. The lowest BCUT2D eigenvalue weighted by molar-refractivity contribution is -0.121. The molecule has 2 atom stereocenters. The first-order chi connectivity index (χ1) is 13.4. The Bertz CT molecular complexity index is 828. The Morgan fingerprint density at radius 1 is 1.36 bits per heavy atom. The lowest BCUT2D eigenvalue weighted by Crippen LogP contribution is -2.27. The highest BCUT2D eigenvalue weighted by Crippen LogP contribution is 2.26. The van der Waals surface area contributed by atoms with Gasteiger partial charge in [-0.15, -0.1) is 0 Å². The first-order valence-electron chi connectivity index (χ1n) is 9.32. The minimum absolute atomic E-state index is 0.0240. The molecule has 1 amide bonds. The SMILES string of the molecule is CNC(=O)C(C)c1ccc(OC2CCN(c3nc(N(C)C)ncc3F)C2)cc1. The average Bonchev–Trinajstić information content (AvgIpc) is 3.15. The molecule has 1 saturated heterocycles. The molecule has 1 fully saturated rings. The number of amides is 1. The number of aromatic nitrogens is 2. The zero-order chi connectivity index (χ0) is 20.3. The number of benzene rings is 1. The molecule has 1 aliphatic heterocycles. The third-order valence-corrected chi connectivity index (χ3v) is 4.88. The predicted molar refractivity (Wildman–Crippen MR) is 106 cm³/mol. The molecule has 0 bridgehead atoms. The Hall–Kier alpha value is -2.90. The van der Waals surface area contributed by atoms with Crippen molar-refractivity contribution in [3.8, 4) is 5.75 Å². The topological polar surface area (TPSA) is 70.6 Å². The Balaban J connectivity index is 1.64. The van der Waals surface area contributed by atoms with Gasteiger partial charge in [-0.2, -0.15) is 4.98 Å². The molecule has 1 N–H and O–H groups in total. The van der Waals surface area contributed by atoms with Crippen LogP contribution >= 0.6 is 0 Å². The van der Waals surface area contributed by atoms with E-state index in [-0.39, 0.29) is 17.9 Å². The number of likely N-dealkylation sites (N-methyl/N-ethyl adjacent to an activating group) is 1. The van der Waals surface area contributed by atoms with Crippen molar-refractivity contribution in [3.63, 3.8) is 0 Å². The largest absolute Gasteiger partial charge is 0.489 e. The Morgan fingerprint density at radius 3 is 2.71 bits per heavy atom. The first-order valence-corrected chi connectivity index (χ1v) is 9.32. The number of ether oxygens (including phenoxy) is 1. The minimum Gasteiger partial charge on any atom is -0.489 e. The predicted octanol–water partition coefficient (Wildman–Crippen LogP) is 2.19. The number of hydrogen-bond donors (Lipinski definition) is 1. The van der Waals surface area contributed by atoms with Crippen LogP contribution < -0.4 is 19.9 Å². The zero-order valence-electron chi connectivity index (χ0n) is 16.6. The lowest BCUT2D eigenvalue weighted by atomic mass is 10.0. The number of nitrogens with one attached hydrogen (secondary N) is 1. The Labute approximate surface area is 164 Å². The van der Waals surface area contributed by atoms with Gasteiger partial charge in [-0.3, -0.25) is 4.79 Å². The Morgan fingerprint density at radius 2 is 2.07 bits per heavy atom. The molecule has 2 aromatic rings. The summed E-state index contributed by atoms with van der Waals surface area (Å²) in [5.41, 5.74) is 0.930. The normalized spacial score (nSPS) is 17.3. The molecule has 2 unspecified atom stereocenters. The summed E-state index contributed by atoms with van der Waals surface area (Å²) < 4.78 is 20.2. The van der Waals surface area contributed by atoms with Crippen LogP contribution in [0, 0.1) is 5.82 Å². The van der Waals surface area contributed by atoms with E-state index >= 15 is 0 Å². The number of rotatable bonds is 6. The number of carbonyl (C=O) groups is 1. The third-order valence-electron chi connectivity index (χ3n) is 4.88. The monoisotopic (exact) mass is 387 g/mol. The molecule has 1 aliphatic rings. The molecule has 3 rings (SSSR count). The molecule has 0 saturated carbocycles. The van der Waals surface area contributed by atoms with Crippen LogP contribution in [0.2, 0.25) is 0 Å². The van der Waals surface area contributed by atoms with Crippen LogP contribution in [0.5, 0.6) is 5.75 Å². The van der Waals surface area contributed by atoms with Gasteiger partial charge in [0.15, 0.2) is 11.6 Å². The van der Waals surface area contributed by atoms with Crippen LogP contribution in [0.25, 0.3) is 0 Å². The van der Waals surface area contributed by atoms with E-state index in [2.05, 4.69) is 15.3 Å². The van der Waals surface area contributed by atoms with E-state index in [1.165, 1.54) is 6.20 Å². The quantitative estimate of drug-likeness (QED) is 0.819. The molecule has 28 heavy (non-hydrogen) atoms. The van der Waals surface area contributed by atoms with Crippen molar-refractivity contribution in [2.24, 2.45) is 0 Å². The molecule has 8 heteroatoms. The summed E-state index contributed by atoms with van der Waals surface area (Å²) in [6.45, 7) is 3.08. The lowest BCUT2D eigenvalue weighted by Gasteiger charge is -2.20. The molecule has 2 heterocycles. The van der Waals surface area contributed by atoms with Crippen LogP contribution in [-0.2, 0) is 4.79 Å². The molecular weight excluding hydrogens is 361 g/mol. The van der Waals surface area contributed by atoms with Crippen LogP contribution in [0.15, 0.2) is 30.5 Å². The van der Waals surface area contributed by atoms with Crippen molar-refractivity contribution in [3.05, 3.63) is 41.8 Å². The van der Waals surface area contributed by atoms with Crippen LogP contribution in [0.4, 0.5) is 16.2 Å². The summed E-state index contributed by atoms with van der Waals surface area (Å²) in [4.78, 5) is 23.7. The first kappa shape index (κ1) is 19.9. The zero-order valence-corrected chi connectivity index (χ0v) is 16.6. The molecular formula is C20H26FN5O2. The number of hydrogen-bond acceptors (Lipinski definition) is 6. The van der Waals surface area contributed by atoms with E-state index in [4.69, 9.17) is 4.74 Å². The highest BCUT2D eigenvalue weighted by Gasteiger charge is 2.27. The standard InChI is InChI=1S/C20H26FN5O2/c1-13(19(27)22-2)14-5-7-15(8-6-14)28-16-9-10-26(12-16)18-17(21)11-23-20(24-18)25(3)4/h5-8,11,13,16H,9-10,12H2,1-4H3,(H,22,27). The van der Waals surface area contributed by atoms with Crippen LogP contribution in [0.1, 0.15) is 24.8 Å². The third kappa shape index (κ3) is 4.32. The van der Waals surface area contributed by atoms with Crippen molar-refractivity contribution in [1.29, 1.82) is 0 Å². The van der Waals surface area contributed by atoms with Gasteiger partial charge in [0.2, 0.25) is 11.9 Å². The van der Waals surface area contributed by atoms with Gasteiger partial charge in [-0.05, 0) is 24.6 Å². The van der Waals surface area contributed by atoms with Gasteiger partial charge in [-0.1, -0.05) is 12.1 Å². The summed E-state index contributed by atoms with van der Waals surface area (Å²) in [5, 5.41) is 2.65. The summed E-state index contributed by atoms with van der Waals surface area (Å²) in [5.74, 6) is 0.841. The maximum absolute atomic E-state index is 14.2. The molecule has 1 aromatic heterocycles. The second kappa shape index (κ2) is 8.41. The van der Waals surface area contributed by atoms with E-state index in [9.17, 15) is 9.18 Å². The van der Waals surface area contributed by atoms with Crippen molar-refractivity contribution in [2.45, 2.75) is 25.4 Å². The van der Waals surface area contributed by atoms with Gasteiger partial charge < -0.3 is 19.9 Å². The van der Waals surface area contributed by atoms with Crippen molar-refractivity contribution < 1.29 is 13.9 Å². The van der Waals surface area contributed by atoms with E-state index in [1.807, 2.05) is 50.2 Å². The highest BCUT2D eigenvalue weighted by molar-refractivity contribution is 5.82. The summed E-state index contributed by atoms with van der Waals surface area (Å²) >= 11 is 0. The second-order valence-corrected chi connectivity index (χ2v) is 7.12. The summed E-state index contributed by atoms with van der Waals surface area (Å²) in [6, 6.07) is 7.53. The summed E-state index contributed by atoms with van der Waals surface area (Å²) in [7, 11) is 5.27. The fourth-order valence-electron chi connectivity index (χ4n) is 3.20. The van der Waals surface area contributed by atoms with E-state index < -0.39 is 5.82 Å². The van der Waals surface area contributed by atoms with E-state index in [0.29, 0.717) is 24.9 Å². The number of anilines is 2. The van der Waals surface area contributed by atoms with Crippen molar-refractivity contribution >= 4 is 17.7 Å². The van der Waals surface area contributed by atoms with E-state index in [1.54, 1.807) is 11.9 Å². The maximum Gasteiger partial charge on any atom is 0.227 e. The van der Waals surface area contributed by atoms with Crippen LogP contribution in [0.3, 0.4) is 0 Å². The second-order valence-electron chi connectivity index (χ2n) is 7.12. The molecule has 150 valence electrons. The van der Waals surface area contributed by atoms with Gasteiger partial charge >= 0.3 is 0 Å². The number of carbonyl (C=O) groups excluding carboxylic acids is 1. The van der Waals surface area contributed by atoms with Crippen molar-refractivity contribution in [1.82, 2.24) is 15.3 Å². The molecule has 1 aromatic carbocycles. The van der Waals surface area contributed by atoms with Gasteiger partial charge in [0, 0.05) is 34.1 Å². The highest BCUT2D eigenvalue weighted by atomic mass is 19.1. The van der Waals surface area contributed by atoms with Gasteiger partial charge in [0.1, 0.15) is 11.9 Å². The maximum atomic E-state index is 14.2. The molecule has 0 radical (unpaired) electrons. The van der Waals surface area contributed by atoms with E-state index in [0.717, 1.165) is 17.7 Å². The van der Waals surface area contributed by atoms with Gasteiger partial charge in [0.05, 0.1) is 18.7 Å². The fraction of sp³-hybridized carbons (Fsp3) is 0.450. The van der Waals surface area contributed by atoms with Gasteiger partial charge in [0.25, 0.3) is 0 Å². The van der Waals surface area contributed by atoms with Crippen LogP contribution in [-0.4, -0.2) is 56.2 Å². The number of nitrogens with zero attached hydrogens (tertiary/aromatic N) is 4.